The predicted molar refractivity (Wildman–Crippen MR) is 118 cm³/mol. The lowest BCUT2D eigenvalue weighted by molar-refractivity contribution is -0.147. The fraction of sp³-hybridized carbons (Fsp3) is 0.520. The van der Waals surface area contributed by atoms with Gasteiger partial charge >= 0.3 is 11.9 Å². The molecule has 1 aromatic carbocycles. The number of carbonyl (C=O) groups is 2. The van der Waals surface area contributed by atoms with Crippen LogP contribution in [-0.4, -0.2) is 51.6 Å². The highest BCUT2D eigenvalue weighted by atomic mass is 19.3. The Morgan fingerprint density at radius 2 is 2.00 bits per heavy atom. The molecule has 1 saturated heterocycles. The van der Waals surface area contributed by atoms with Crippen molar-refractivity contribution in [2.24, 2.45) is 5.92 Å². The number of amides is 1. The number of carboxylic acids is 1. The summed E-state index contributed by atoms with van der Waals surface area (Å²) in [7, 11) is 0. The fourth-order valence-electron chi connectivity index (χ4n) is 3.61. The molecular weight excluding hydrogens is 416 g/mol. The molecule has 1 aromatic rings. The van der Waals surface area contributed by atoms with Crippen molar-refractivity contribution in [3.8, 4) is 11.8 Å². The second kappa shape index (κ2) is 12.4. The number of hydrogen-bond acceptors (Lipinski definition) is 3. The molecule has 0 bridgehead atoms. The van der Waals surface area contributed by atoms with Crippen LogP contribution in [0.3, 0.4) is 0 Å². The molecule has 0 saturated carbocycles. The van der Waals surface area contributed by atoms with E-state index in [2.05, 4.69) is 24.0 Å². The molecule has 0 aromatic heterocycles. The Balaban J connectivity index is 1.87. The number of halogens is 2. The molecule has 1 fully saturated rings. The summed E-state index contributed by atoms with van der Waals surface area (Å²) < 4.78 is 27.9. The Morgan fingerprint density at radius 3 is 2.69 bits per heavy atom. The van der Waals surface area contributed by atoms with Gasteiger partial charge in [-0.05, 0) is 37.2 Å². The highest BCUT2D eigenvalue weighted by Gasteiger charge is 2.52. The van der Waals surface area contributed by atoms with E-state index in [0.29, 0.717) is 12.8 Å². The van der Waals surface area contributed by atoms with Gasteiger partial charge in [0.1, 0.15) is 0 Å². The Hall–Kier alpha value is -2.72. The number of benzene rings is 1. The lowest BCUT2D eigenvalue weighted by Crippen LogP contribution is -2.36. The number of rotatable bonds is 11. The zero-order valence-electron chi connectivity index (χ0n) is 18.3. The van der Waals surface area contributed by atoms with Crippen LogP contribution in [0.15, 0.2) is 42.5 Å². The van der Waals surface area contributed by atoms with Gasteiger partial charge in [-0.25, -0.2) is 0 Å². The number of likely N-dealkylation sites (tertiary alicyclic amines) is 1. The van der Waals surface area contributed by atoms with E-state index in [1.54, 1.807) is 0 Å². The predicted octanol–water partition coefficient (Wildman–Crippen LogP) is 4.06. The highest BCUT2D eigenvalue weighted by molar-refractivity contribution is 5.86. The molecule has 1 aliphatic heterocycles. The van der Waals surface area contributed by atoms with Crippen molar-refractivity contribution < 1.29 is 28.6 Å². The third kappa shape index (κ3) is 8.08. The quantitative estimate of drug-likeness (QED) is 0.305. The van der Waals surface area contributed by atoms with E-state index in [9.17, 15) is 23.5 Å². The normalized spacial score (nSPS) is 19.6. The summed E-state index contributed by atoms with van der Waals surface area (Å²) in [6.07, 6.45) is 4.81. The first-order chi connectivity index (χ1) is 15.2. The standard InChI is InChI=1S/C25H31F2NO4/c1-19(10-9-13-20-11-5-4-6-12-20)22(29)16-15-21-18-25(26,27)24(32)28(21)17-8-3-2-7-14-23(30)31/h4-6,11-12,15-16,19,21-22,29H,2,7,9-10,13-14,17-18H2,1H3,(H,30,31)/t19-,21-,22-/m0/s1. The first kappa shape index (κ1) is 25.5. The van der Waals surface area contributed by atoms with Crippen molar-refractivity contribution in [2.45, 2.75) is 69.9 Å². The van der Waals surface area contributed by atoms with Gasteiger partial charge in [-0.2, -0.15) is 8.78 Å². The molecule has 0 radical (unpaired) electrons. The van der Waals surface area contributed by atoms with Crippen molar-refractivity contribution in [2.75, 3.05) is 6.54 Å². The second-order valence-corrected chi connectivity index (χ2v) is 8.24. The van der Waals surface area contributed by atoms with Crippen LogP contribution in [0.25, 0.3) is 0 Å². The average molecular weight is 448 g/mol. The molecule has 1 heterocycles. The van der Waals surface area contributed by atoms with Crippen molar-refractivity contribution in [3.05, 3.63) is 48.0 Å². The van der Waals surface area contributed by atoms with Crippen molar-refractivity contribution in [1.29, 1.82) is 0 Å². The summed E-state index contributed by atoms with van der Waals surface area (Å²) in [6.45, 7) is 1.76. The Morgan fingerprint density at radius 1 is 1.28 bits per heavy atom. The van der Waals surface area contributed by atoms with Gasteiger partial charge in [0, 0.05) is 19.3 Å². The number of carboxylic acid groups (broad SMARTS) is 1. The maximum absolute atomic E-state index is 14.0. The topological polar surface area (TPSA) is 77.8 Å². The summed E-state index contributed by atoms with van der Waals surface area (Å²) in [4.78, 5) is 23.5. The van der Waals surface area contributed by atoms with E-state index in [1.165, 1.54) is 17.7 Å². The molecule has 0 spiro atoms. The summed E-state index contributed by atoms with van der Waals surface area (Å²) in [5.41, 5.74) is 1.23. The first-order valence-electron chi connectivity index (χ1n) is 11.0. The molecule has 7 heteroatoms. The van der Waals surface area contributed by atoms with Crippen molar-refractivity contribution in [1.82, 2.24) is 4.90 Å². The molecule has 0 unspecified atom stereocenters. The molecule has 3 atom stereocenters. The lowest BCUT2D eigenvalue weighted by atomic mass is 9.95. The van der Waals surface area contributed by atoms with Gasteiger partial charge in [0.2, 0.25) is 0 Å². The van der Waals surface area contributed by atoms with Gasteiger partial charge in [-0.15, -0.1) is 5.92 Å². The minimum Gasteiger partial charge on any atom is -0.481 e. The van der Waals surface area contributed by atoms with Crippen LogP contribution in [0, 0.1) is 17.8 Å². The number of aliphatic carboxylic acids is 1. The number of alkyl halides is 2. The van der Waals surface area contributed by atoms with Crippen LogP contribution in [0.2, 0.25) is 0 Å². The minimum atomic E-state index is -3.45. The van der Waals surface area contributed by atoms with Gasteiger partial charge in [-0.3, -0.25) is 9.59 Å². The summed E-state index contributed by atoms with van der Waals surface area (Å²) in [6, 6.07) is 9.22. The van der Waals surface area contributed by atoms with Crippen LogP contribution >= 0.6 is 0 Å². The van der Waals surface area contributed by atoms with E-state index >= 15 is 0 Å². The number of aliphatic hydroxyl groups excluding tert-OH is 1. The van der Waals surface area contributed by atoms with Crippen molar-refractivity contribution in [3.63, 3.8) is 0 Å². The molecule has 1 aliphatic rings. The maximum Gasteiger partial charge on any atom is 0.327 e. The molecule has 2 rings (SSSR count). The summed E-state index contributed by atoms with van der Waals surface area (Å²) >= 11 is 0. The number of hydrogen-bond donors (Lipinski definition) is 2. The number of aryl methyl sites for hydroxylation is 1. The monoisotopic (exact) mass is 447 g/mol. The van der Waals surface area contributed by atoms with Crippen molar-refractivity contribution >= 4 is 11.9 Å². The molecular formula is C25H31F2NO4. The molecule has 1 amide bonds. The van der Waals surface area contributed by atoms with Gasteiger partial charge in [0.05, 0.1) is 18.7 Å². The van der Waals surface area contributed by atoms with Gasteiger partial charge in [-0.1, -0.05) is 55.3 Å². The van der Waals surface area contributed by atoms with Gasteiger partial charge in [0.25, 0.3) is 5.91 Å². The maximum atomic E-state index is 14.0. The minimum absolute atomic E-state index is 0.0117. The van der Waals surface area contributed by atoms with Crippen LogP contribution in [0.5, 0.6) is 0 Å². The second-order valence-electron chi connectivity index (χ2n) is 8.24. The fourth-order valence-corrected chi connectivity index (χ4v) is 3.61. The van der Waals surface area contributed by atoms with E-state index in [0.717, 1.165) is 24.2 Å². The number of carbonyl (C=O) groups excluding carboxylic acids is 1. The molecule has 2 N–H and O–H groups in total. The van der Waals surface area contributed by atoms with E-state index in [4.69, 9.17) is 5.11 Å². The third-order valence-electron chi connectivity index (χ3n) is 5.59. The number of nitrogens with zero attached hydrogens (tertiary/aromatic N) is 1. The first-order valence-corrected chi connectivity index (χ1v) is 11.0. The highest BCUT2D eigenvalue weighted by Crippen LogP contribution is 2.34. The van der Waals surface area contributed by atoms with Crippen LogP contribution in [0.4, 0.5) is 8.78 Å². The van der Waals surface area contributed by atoms with E-state index < -0.39 is 36.4 Å². The zero-order valence-corrected chi connectivity index (χ0v) is 18.3. The molecule has 174 valence electrons. The van der Waals surface area contributed by atoms with Gasteiger partial charge < -0.3 is 15.1 Å². The Labute approximate surface area is 188 Å². The SMILES string of the molecule is C[C@@H](CCCc1ccccc1)[C@@H](O)C=C[C@H]1CC(F)(F)C(=O)N1CC#CCCCC(=O)O. The Kier molecular flexibility index (Phi) is 9.86. The number of unbranched alkanes of at least 4 members (excludes halogenated alkanes) is 1. The molecule has 0 aliphatic carbocycles. The molecule has 5 nitrogen and oxygen atoms in total. The largest absolute Gasteiger partial charge is 0.481 e. The lowest BCUT2D eigenvalue weighted by Gasteiger charge is -2.20. The zero-order chi connectivity index (χ0) is 23.6. The number of aliphatic hydroxyl groups is 1. The van der Waals surface area contributed by atoms with Crippen LogP contribution in [0.1, 0.15) is 51.0 Å². The summed E-state index contributed by atoms with van der Waals surface area (Å²) in [5.74, 6) is -0.266. The smallest absolute Gasteiger partial charge is 0.327 e. The molecule has 32 heavy (non-hydrogen) atoms. The van der Waals surface area contributed by atoms with Crippen LogP contribution in [-0.2, 0) is 16.0 Å². The van der Waals surface area contributed by atoms with Gasteiger partial charge in [0.15, 0.2) is 0 Å². The van der Waals surface area contributed by atoms with Crippen LogP contribution < -0.4 is 0 Å². The van der Waals surface area contributed by atoms with E-state index in [-0.39, 0.29) is 18.9 Å². The average Bonchev–Trinajstić information content (AvgIpc) is 2.97. The summed E-state index contributed by atoms with van der Waals surface area (Å²) in [5, 5.41) is 19.0. The third-order valence-corrected chi connectivity index (χ3v) is 5.59. The van der Waals surface area contributed by atoms with E-state index in [1.807, 2.05) is 25.1 Å². The Bertz CT molecular complexity index is 844.